The van der Waals surface area contributed by atoms with Crippen LogP contribution in [0.1, 0.15) is 30.6 Å². The molecule has 18 heavy (non-hydrogen) atoms. The Morgan fingerprint density at radius 1 is 1.39 bits per heavy atom. The molecule has 0 saturated carbocycles. The second-order valence-electron chi connectivity index (χ2n) is 5.12. The topological polar surface area (TPSA) is 36.4 Å². The average Bonchev–Trinajstić information content (AvgIpc) is 2.50. The Hall–Kier alpha value is -1.42. The van der Waals surface area contributed by atoms with Gasteiger partial charge in [0, 0.05) is 30.9 Å². The van der Waals surface area contributed by atoms with E-state index in [0.29, 0.717) is 11.6 Å². The van der Waals surface area contributed by atoms with Crippen molar-refractivity contribution in [2.75, 3.05) is 31.6 Å². The second-order valence-corrected chi connectivity index (χ2v) is 5.12. The molecule has 98 valence electrons. The van der Waals surface area contributed by atoms with Crippen LogP contribution in [0.25, 0.3) is 0 Å². The van der Waals surface area contributed by atoms with Gasteiger partial charge in [-0.05, 0) is 46.0 Å². The number of hydrogen-bond acceptors (Lipinski definition) is 4. The predicted molar refractivity (Wildman–Crippen MR) is 73.2 cm³/mol. The summed E-state index contributed by atoms with van der Waals surface area (Å²) >= 11 is 0. The standard InChI is InChI=1S/C14H21N3O/c1-11-10-16(3)7-4-8-17(11)14-6-5-13(9-15-14)12(2)18/h5-6,9,11H,4,7-8,10H2,1-3H3. The Kier molecular flexibility index (Phi) is 3.97. The number of ketones is 1. The van der Waals surface area contributed by atoms with Crippen molar-refractivity contribution < 1.29 is 4.79 Å². The minimum atomic E-state index is 0.0673. The monoisotopic (exact) mass is 247 g/mol. The van der Waals surface area contributed by atoms with Crippen molar-refractivity contribution in [3.8, 4) is 0 Å². The highest BCUT2D eigenvalue weighted by Crippen LogP contribution is 2.18. The van der Waals surface area contributed by atoms with Gasteiger partial charge in [-0.15, -0.1) is 0 Å². The van der Waals surface area contributed by atoms with Crippen molar-refractivity contribution in [2.24, 2.45) is 0 Å². The molecule has 1 atom stereocenters. The molecular weight excluding hydrogens is 226 g/mol. The largest absolute Gasteiger partial charge is 0.353 e. The minimum absolute atomic E-state index is 0.0673. The van der Waals surface area contributed by atoms with Crippen molar-refractivity contribution in [2.45, 2.75) is 26.3 Å². The van der Waals surface area contributed by atoms with E-state index in [-0.39, 0.29) is 5.78 Å². The molecule has 0 spiro atoms. The van der Waals surface area contributed by atoms with Crippen LogP contribution in [0.2, 0.25) is 0 Å². The molecule has 1 aliphatic heterocycles. The first kappa shape index (κ1) is 13.0. The first-order chi connectivity index (χ1) is 8.58. The number of anilines is 1. The van der Waals surface area contributed by atoms with Gasteiger partial charge >= 0.3 is 0 Å². The summed E-state index contributed by atoms with van der Waals surface area (Å²) < 4.78 is 0. The van der Waals surface area contributed by atoms with Gasteiger partial charge in [0.05, 0.1) is 0 Å². The molecule has 1 aromatic heterocycles. The molecule has 4 nitrogen and oxygen atoms in total. The summed E-state index contributed by atoms with van der Waals surface area (Å²) in [4.78, 5) is 20.3. The number of carbonyl (C=O) groups excluding carboxylic acids is 1. The number of rotatable bonds is 2. The van der Waals surface area contributed by atoms with E-state index < -0.39 is 0 Å². The molecule has 1 saturated heterocycles. The van der Waals surface area contributed by atoms with Crippen molar-refractivity contribution in [3.63, 3.8) is 0 Å². The van der Waals surface area contributed by atoms with Gasteiger partial charge in [-0.1, -0.05) is 0 Å². The Labute approximate surface area is 109 Å². The molecular formula is C14H21N3O. The quantitative estimate of drug-likeness (QED) is 0.747. The van der Waals surface area contributed by atoms with Crippen LogP contribution in [0.3, 0.4) is 0 Å². The van der Waals surface area contributed by atoms with Gasteiger partial charge < -0.3 is 9.80 Å². The van der Waals surface area contributed by atoms with Crippen LogP contribution in [0.4, 0.5) is 5.82 Å². The van der Waals surface area contributed by atoms with E-state index in [1.807, 2.05) is 12.1 Å². The zero-order chi connectivity index (χ0) is 13.1. The summed E-state index contributed by atoms with van der Waals surface area (Å²) in [6.07, 6.45) is 2.83. The van der Waals surface area contributed by atoms with Gasteiger partial charge in [0.25, 0.3) is 0 Å². The van der Waals surface area contributed by atoms with Crippen LogP contribution in [-0.2, 0) is 0 Å². The summed E-state index contributed by atoms with van der Waals surface area (Å²) in [5, 5.41) is 0. The first-order valence-electron chi connectivity index (χ1n) is 6.50. The zero-order valence-electron chi connectivity index (χ0n) is 11.4. The van der Waals surface area contributed by atoms with Gasteiger partial charge in [-0.3, -0.25) is 4.79 Å². The number of carbonyl (C=O) groups is 1. The molecule has 0 radical (unpaired) electrons. The predicted octanol–water partition coefficient (Wildman–Crippen LogP) is 1.81. The van der Waals surface area contributed by atoms with Crippen LogP contribution in [0, 0.1) is 0 Å². The average molecular weight is 247 g/mol. The van der Waals surface area contributed by atoms with Crippen molar-refractivity contribution in [1.82, 2.24) is 9.88 Å². The summed E-state index contributed by atoms with van der Waals surface area (Å²) in [6, 6.07) is 4.28. The normalized spacial score (nSPS) is 21.7. The Balaban J connectivity index is 2.16. The fraction of sp³-hybridized carbons (Fsp3) is 0.571. The van der Waals surface area contributed by atoms with E-state index in [1.165, 1.54) is 0 Å². The summed E-state index contributed by atoms with van der Waals surface area (Å²) in [5.41, 5.74) is 0.679. The fourth-order valence-electron chi connectivity index (χ4n) is 2.48. The molecule has 0 bridgehead atoms. The van der Waals surface area contributed by atoms with Crippen LogP contribution in [0.15, 0.2) is 18.3 Å². The molecule has 1 unspecified atom stereocenters. The molecule has 1 aromatic rings. The Morgan fingerprint density at radius 2 is 2.17 bits per heavy atom. The van der Waals surface area contributed by atoms with Crippen LogP contribution >= 0.6 is 0 Å². The number of aromatic nitrogens is 1. The van der Waals surface area contributed by atoms with Gasteiger partial charge in [-0.25, -0.2) is 4.98 Å². The zero-order valence-corrected chi connectivity index (χ0v) is 11.4. The molecule has 0 aromatic carbocycles. The molecule has 1 aliphatic rings. The maximum absolute atomic E-state index is 11.2. The summed E-state index contributed by atoms with van der Waals surface area (Å²) in [7, 11) is 2.16. The highest BCUT2D eigenvalue weighted by atomic mass is 16.1. The number of likely N-dealkylation sites (N-methyl/N-ethyl adjacent to an activating group) is 1. The van der Waals surface area contributed by atoms with Crippen LogP contribution in [0.5, 0.6) is 0 Å². The molecule has 0 aliphatic carbocycles. The third kappa shape index (κ3) is 2.88. The molecule has 1 fully saturated rings. The van der Waals surface area contributed by atoms with Gasteiger partial charge in [0.2, 0.25) is 0 Å². The summed E-state index contributed by atoms with van der Waals surface area (Å²) in [6.45, 7) is 7.00. The third-order valence-electron chi connectivity index (χ3n) is 3.50. The van der Waals surface area contributed by atoms with Gasteiger partial charge in [-0.2, -0.15) is 0 Å². The molecule has 2 rings (SSSR count). The lowest BCUT2D eigenvalue weighted by Gasteiger charge is -2.29. The van der Waals surface area contributed by atoms with E-state index in [1.54, 1.807) is 13.1 Å². The molecule has 0 N–H and O–H groups in total. The lowest BCUT2D eigenvalue weighted by molar-refractivity contribution is 0.101. The Bertz CT molecular complexity index is 416. The highest BCUT2D eigenvalue weighted by Gasteiger charge is 2.20. The van der Waals surface area contributed by atoms with Gasteiger partial charge in [0.15, 0.2) is 5.78 Å². The number of nitrogens with zero attached hydrogens (tertiary/aromatic N) is 3. The van der Waals surface area contributed by atoms with E-state index in [9.17, 15) is 4.79 Å². The highest BCUT2D eigenvalue weighted by molar-refractivity contribution is 5.93. The molecule has 2 heterocycles. The smallest absolute Gasteiger partial charge is 0.161 e. The maximum Gasteiger partial charge on any atom is 0.161 e. The maximum atomic E-state index is 11.2. The van der Waals surface area contributed by atoms with Crippen LogP contribution in [-0.4, -0.2) is 48.4 Å². The summed E-state index contributed by atoms with van der Waals surface area (Å²) in [5.74, 6) is 1.04. The van der Waals surface area contributed by atoms with E-state index >= 15 is 0 Å². The van der Waals surface area contributed by atoms with Crippen molar-refractivity contribution in [3.05, 3.63) is 23.9 Å². The number of Topliss-reactive ketones (excluding diaryl/α,β-unsaturated/α-hetero) is 1. The van der Waals surface area contributed by atoms with E-state index in [4.69, 9.17) is 0 Å². The molecule has 4 heteroatoms. The minimum Gasteiger partial charge on any atom is -0.353 e. The lowest BCUT2D eigenvalue weighted by atomic mass is 10.2. The third-order valence-corrected chi connectivity index (χ3v) is 3.50. The SMILES string of the molecule is CC(=O)c1ccc(N2CCCN(C)CC2C)nc1. The number of pyridine rings is 1. The van der Waals surface area contributed by atoms with Crippen molar-refractivity contribution >= 4 is 11.6 Å². The number of hydrogen-bond donors (Lipinski definition) is 0. The van der Waals surface area contributed by atoms with E-state index in [0.717, 1.165) is 31.9 Å². The van der Waals surface area contributed by atoms with Crippen LogP contribution < -0.4 is 4.90 Å². The Morgan fingerprint density at radius 3 is 2.78 bits per heavy atom. The lowest BCUT2D eigenvalue weighted by Crippen LogP contribution is -2.38. The van der Waals surface area contributed by atoms with Gasteiger partial charge in [0.1, 0.15) is 5.82 Å². The first-order valence-corrected chi connectivity index (χ1v) is 6.50. The van der Waals surface area contributed by atoms with E-state index in [2.05, 4.69) is 28.8 Å². The second kappa shape index (κ2) is 5.48. The fourth-order valence-corrected chi connectivity index (χ4v) is 2.48. The van der Waals surface area contributed by atoms with Crippen molar-refractivity contribution in [1.29, 1.82) is 0 Å². The molecule has 0 amide bonds.